The molecule has 1 aliphatic rings. The lowest BCUT2D eigenvalue weighted by Gasteiger charge is -2.25. The Hall–Kier alpha value is -2.76. The fourth-order valence-corrected chi connectivity index (χ4v) is 3.26. The van der Waals surface area contributed by atoms with Crippen LogP contribution in [0.5, 0.6) is 0 Å². The van der Waals surface area contributed by atoms with Gasteiger partial charge < -0.3 is 10.0 Å². The third-order valence-corrected chi connectivity index (χ3v) is 4.84. The zero-order valence-electron chi connectivity index (χ0n) is 14.2. The van der Waals surface area contributed by atoms with Gasteiger partial charge in [0.2, 0.25) is 5.91 Å². The zero-order chi connectivity index (χ0) is 18.8. The summed E-state index contributed by atoms with van der Waals surface area (Å²) in [4.78, 5) is 25.5. The smallest absolute Gasteiger partial charge is 0.326 e. The minimum absolute atomic E-state index is 0.195. The van der Waals surface area contributed by atoms with Crippen LogP contribution >= 0.6 is 0 Å². The van der Waals surface area contributed by atoms with Crippen LogP contribution in [0.15, 0.2) is 48.5 Å². The molecule has 2 aromatic carbocycles. The van der Waals surface area contributed by atoms with Gasteiger partial charge in [-0.05, 0) is 29.5 Å². The summed E-state index contributed by atoms with van der Waals surface area (Å²) in [7, 11) is 1.46. The van der Waals surface area contributed by atoms with Crippen LogP contribution in [0.3, 0.4) is 0 Å². The van der Waals surface area contributed by atoms with Crippen LogP contribution < -0.4 is 0 Å². The molecule has 26 heavy (non-hydrogen) atoms. The Morgan fingerprint density at radius 2 is 1.88 bits per heavy atom. The third-order valence-electron chi connectivity index (χ3n) is 4.84. The molecule has 1 amide bonds. The summed E-state index contributed by atoms with van der Waals surface area (Å²) in [6.07, 6.45) is 0.629. The highest BCUT2D eigenvalue weighted by molar-refractivity contribution is 5.87. The van der Waals surface area contributed by atoms with Crippen molar-refractivity contribution in [3.05, 3.63) is 71.3 Å². The number of carbonyl (C=O) groups is 2. The van der Waals surface area contributed by atoms with Gasteiger partial charge in [0.15, 0.2) is 0 Å². The van der Waals surface area contributed by atoms with Crippen LogP contribution in [0.4, 0.5) is 8.78 Å². The Balaban J connectivity index is 1.71. The van der Waals surface area contributed by atoms with Crippen LogP contribution in [0.25, 0.3) is 0 Å². The molecule has 0 bridgehead atoms. The molecule has 6 heteroatoms. The standard InChI is InChI=1S/C20H19F2NO3/c1-23(18(20(25)26)9-12-5-3-2-4-6-12)19(24)16-11-15(16)14-8-7-13(21)10-17(14)22/h2-8,10,15-16,18H,9,11H2,1H3,(H,25,26). The molecule has 0 radical (unpaired) electrons. The molecule has 1 saturated carbocycles. The average molecular weight is 359 g/mol. The number of hydrogen-bond acceptors (Lipinski definition) is 2. The van der Waals surface area contributed by atoms with Gasteiger partial charge in [-0.25, -0.2) is 13.6 Å². The molecule has 0 aliphatic heterocycles. The minimum atomic E-state index is -1.09. The molecule has 0 aromatic heterocycles. The lowest BCUT2D eigenvalue weighted by Crippen LogP contribution is -2.44. The number of rotatable bonds is 6. The predicted molar refractivity (Wildman–Crippen MR) is 91.5 cm³/mol. The Morgan fingerprint density at radius 1 is 1.19 bits per heavy atom. The van der Waals surface area contributed by atoms with Gasteiger partial charge in [-0.3, -0.25) is 4.79 Å². The number of hydrogen-bond donors (Lipinski definition) is 1. The maximum atomic E-state index is 13.9. The molecule has 3 atom stereocenters. The van der Waals surface area contributed by atoms with Crippen molar-refractivity contribution < 1.29 is 23.5 Å². The van der Waals surface area contributed by atoms with E-state index in [1.807, 2.05) is 30.3 Å². The summed E-state index contributed by atoms with van der Waals surface area (Å²) in [6, 6.07) is 11.4. The lowest BCUT2D eigenvalue weighted by molar-refractivity contribution is -0.149. The first-order valence-corrected chi connectivity index (χ1v) is 8.37. The number of likely N-dealkylation sites (N-methyl/N-ethyl adjacent to an activating group) is 1. The molecule has 1 aliphatic carbocycles. The Kier molecular flexibility index (Phi) is 5.02. The topological polar surface area (TPSA) is 57.6 Å². The van der Waals surface area contributed by atoms with E-state index in [1.54, 1.807) is 0 Å². The number of carboxylic acids is 1. The fraction of sp³-hybridized carbons (Fsp3) is 0.300. The van der Waals surface area contributed by atoms with E-state index in [0.29, 0.717) is 12.0 Å². The summed E-state index contributed by atoms with van der Waals surface area (Å²) >= 11 is 0. The highest BCUT2D eigenvalue weighted by Gasteiger charge is 2.47. The monoisotopic (exact) mass is 359 g/mol. The highest BCUT2D eigenvalue weighted by atomic mass is 19.1. The fourth-order valence-electron chi connectivity index (χ4n) is 3.26. The van der Waals surface area contributed by atoms with Gasteiger partial charge in [0.25, 0.3) is 0 Å². The summed E-state index contributed by atoms with van der Waals surface area (Å²) in [5.74, 6) is -3.57. The van der Waals surface area contributed by atoms with E-state index < -0.39 is 29.6 Å². The molecule has 0 saturated heterocycles. The number of benzene rings is 2. The van der Waals surface area contributed by atoms with Gasteiger partial charge in [-0.15, -0.1) is 0 Å². The van der Waals surface area contributed by atoms with E-state index in [4.69, 9.17) is 0 Å². The van der Waals surface area contributed by atoms with Crippen molar-refractivity contribution >= 4 is 11.9 Å². The Labute approximate surface area is 150 Å². The van der Waals surface area contributed by atoms with E-state index in [1.165, 1.54) is 18.0 Å². The molecule has 1 N–H and O–H groups in total. The lowest BCUT2D eigenvalue weighted by atomic mass is 10.0. The van der Waals surface area contributed by atoms with E-state index in [2.05, 4.69) is 0 Å². The van der Waals surface area contributed by atoms with Crippen LogP contribution in [0.1, 0.15) is 23.5 Å². The van der Waals surface area contributed by atoms with Gasteiger partial charge in [0.1, 0.15) is 17.7 Å². The molecule has 1 fully saturated rings. The van der Waals surface area contributed by atoms with Crippen LogP contribution in [0.2, 0.25) is 0 Å². The Morgan fingerprint density at radius 3 is 2.50 bits per heavy atom. The number of amides is 1. The first-order valence-electron chi connectivity index (χ1n) is 8.37. The molecule has 3 unspecified atom stereocenters. The van der Waals surface area contributed by atoms with Gasteiger partial charge >= 0.3 is 5.97 Å². The third kappa shape index (κ3) is 3.74. The summed E-state index contributed by atoms with van der Waals surface area (Å²) in [6.45, 7) is 0. The normalized spacial score (nSPS) is 19.7. The summed E-state index contributed by atoms with van der Waals surface area (Å²) in [5.41, 5.74) is 1.12. The molecule has 3 rings (SSSR count). The van der Waals surface area contributed by atoms with Gasteiger partial charge in [0.05, 0.1) is 0 Å². The number of nitrogens with zero attached hydrogens (tertiary/aromatic N) is 1. The number of carboxylic acid groups (broad SMARTS) is 1. The van der Waals surface area contributed by atoms with Crippen molar-refractivity contribution in [1.82, 2.24) is 4.90 Å². The second-order valence-electron chi connectivity index (χ2n) is 6.61. The first kappa shape index (κ1) is 18.0. The molecule has 136 valence electrons. The predicted octanol–water partition coefficient (Wildman–Crippen LogP) is 3.22. The van der Waals surface area contributed by atoms with Crippen molar-refractivity contribution in [2.24, 2.45) is 5.92 Å². The maximum Gasteiger partial charge on any atom is 0.326 e. The van der Waals surface area contributed by atoms with Crippen molar-refractivity contribution in [3.63, 3.8) is 0 Å². The van der Waals surface area contributed by atoms with E-state index in [9.17, 15) is 23.5 Å². The molecule has 0 spiro atoms. The number of aliphatic carboxylic acids is 1. The van der Waals surface area contributed by atoms with Crippen LogP contribution in [-0.2, 0) is 16.0 Å². The van der Waals surface area contributed by atoms with Crippen molar-refractivity contribution in [2.45, 2.75) is 24.8 Å². The molecule has 2 aromatic rings. The summed E-state index contributed by atoms with van der Waals surface area (Å²) in [5, 5.41) is 9.52. The second kappa shape index (κ2) is 7.23. The first-order chi connectivity index (χ1) is 12.4. The quantitative estimate of drug-likeness (QED) is 0.862. The van der Waals surface area contributed by atoms with Crippen molar-refractivity contribution in [3.8, 4) is 0 Å². The van der Waals surface area contributed by atoms with Gasteiger partial charge in [0, 0.05) is 25.5 Å². The van der Waals surface area contributed by atoms with Crippen molar-refractivity contribution in [2.75, 3.05) is 7.05 Å². The van der Waals surface area contributed by atoms with Gasteiger partial charge in [-0.1, -0.05) is 36.4 Å². The summed E-state index contributed by atoms with van der Waals surface area (Å²) < 4.78 is 26.9. The minimum Gasteiger partial charge on any atom is -0.480 e. The SMILES string of the molecule is CN(C(=O)C1CC1c1ccc(F)cc1F)C(Cc1ccccc1)C(=O)O. The molecular formula is C20H19F2NO3. The van der Waals surface area contributed by atoms with E-state index >= 15 is 0 Å². The number of carbonyl (C=O) groups excluding carboxylic acids is 1. The zero-order valence-corrected chi connectivity index (χ0v) is 14.2. The van der Waals surface area contributed by atoms with E-state index in [0.717, 1.165) is 17.7 Å². The average Bonchev–Trinajstić information content (AvgIpc) is 3.39. The molecular weight excluding hydrogens is 340 g/mol. The number of halogens is 2. The largest absolute Gasteiger partial charge is 0.480 e. The maximum absolute atomic E-state index is 13.9. The Bertz CT molecular complexity index is 825. The molecule has 4 nitrogen and oxygen atoms in total. The van der Waals surface area contributed by atoms with Crippen LogP contribution in [-0.4, -0.2) is 35.0 Å². The van der Waals surface area contributed by atoms with Gasteiger partial charge in [-0.2, -0.15) is 0 Å². The van der Waals surface area contributed by atoms with E-state index in [-0.39, 0.29) is 18.2 Å². The van der Waals surface area contributed by atoms with Crippen molar-refractivity contribution in [1.29, 1.82) is 0 Å². The molecule has 0 heterocycles. The highest BCUT2D eigenvalue weighted by Crippen LogP contribution is 2.49. The second-order valence-corrected chi connectivity index (χ2v) is 6.61. The van der Waals surface area contributed by atoms with Crippen LogP contribution in [0, 0.1) is 17.6 Å².